The zero-order valence-electron chi connectivity index (χ0n) is 13.8. The molecule has 1 aromatic carbocycles. The topological polar surface area (TPSA) is 24.5 Å². The summed E-state index contributed by atoms with van der Waals surface area (Å²) in [5.41, 5.74) is 2.68. The van der Waals surface area contributed by atoms with Gasteiger partial charge in [-0.25, -0.2) is 0 Å². The van der Waals surface area contributed by atoms with Gasteiger partial charge in [0.2, 0.25) is 0 Å². The third kappa shape index (κ3) is 6.16. The number of hydrogen-bond donors (Lipinski definition) is 1. The van der Waals surface area contributed by atoms with Gasteiger partial charge < -0.3 is 15.0 Å². The molecule has 0 bridgehead atoms. The van der Waals surface area contributed by atoms with Gasteiger partial charge >= 0.3 is 0 Å². The maximum Gasteiger partial charge on any atom is 0.0720 e. The summed E-state index contributed by atoms with van der Waals surface area (Å²) in [6, 6.07) is 9.44. The summed E-state index contributed by atoms with van der Waals surface area (Å²) in [6.07, 6.45) is 3.86. The first kappa shape index (κ1) is 16.5. The lowest BCUT2D eigenvalue weighted by Crippen LogP contribution is -2.34. The quantitative estimate of drug-likeness (QED) is 0.836. The summed E-state index contributed by atoms with van der Waals surface area (Å²) < 4.78 is 6.03. The van der Waals surface area contributed by atoms with Crippen LogP contribution in [0.15, 0.2) is 24.3 Å². The molecule has 0 unspecified atom stereocenters. The van der Waals surface area contributed by atoms with Crippen molar-refractivity contribution in [2.24, 2.45) is 0 Å². The van der Waals surface area contributed by atoms with Crippen LogP contribution < -0.4 is 5.32 Å². The summed E-state index contributed by atoms with van der Waals surface area (Å²) in [6.45, 7) is 8.48. The van der Waals surface area contributed by atoms with Crippen LogP contribution in [0.4, 0.5) is 0 Å². The van der Waals surface area contributed by atoms with E-state index in [1.54, 1.807) is 0 Å². The summed E-state index contributed by atoms with van der Waals surface area (Å²) in [5, 5.41) is 3.45. The van der Waals surface area contributed by atoms with Crippen molar-refractivity contribution in [1.82, 2.24) is 10.2 Å². The SMILES string of the molecule is CC(C)NCCc1ccc(COC2CCN(C)CC2)cc1. The maximum atomic E-state index is 6.03. The van der Waals surface area contributed by atoms with Crippen molar-refractivity contribution in [2.45, 2.75) is 51.9 Å². The van der Waals surface area contributed by atoms with Crippen LogP contribution in [0.3, 0.4) is 0 Å². The van der Waals surface area contributed by atoms with Crippen molar-refractivity contribution in [3.8, 4) is 0 Å². The first-order valence-electron chi connectivity index (χ1n) is 8.25. The van der Waals surface area contributed by atoms with Crippen LogP contribution in [0.25, 0.3) is 0 Å². The van der Waals surface area contributed by atoms with Gasteiger partial charge in [-0.05, 0) is 44.0 Å². The molecule has 0 atom stereocenters. The van der Waals surface area contributed by atoms with Crippen molar-refractivity contribution in [3.63, 3.8) is 0 Å². The second kappa shape index (κ2) is 8.52. The minimum absolute atomic E-state index is 0.441. The average Bonchev–Trinajstić information content (AvgIpc) is 2.48. The van der Waals surface area contributed by atoms with Crippen LogP contribution in [0, 0.1) is 0 Å². The Balaban J connectivity index is 1.69. The molecule has 0 aliphatic carbocycles. The Morgan fingerprint density at radius 1 is 1.14 bits per heavy atom. The van der Waals surface area contributed by atoms with Gasteiger partial charge in [-0.15, -0.1) is 0 Å². The Hall–Kier alpha value is -0.900. The van der Waals surface area contributed by atoms with Crippen LogP contribution in [-0.4, -0.2) is 43.7 Å². The normalized spacial score (nSPS) is 17.5. The lowest BCUT2D eigenvalue weighted by Gasteiger charge is -2.28. The molecule has 1 N–H and O–H groups in total. The summed E-state index contributed by atoms with van der Waals surface area (Å²) in [7, 11) is 2.18. The number of rotatable bonds is 7. The fourth-order valence-corrected chi connectivity index (χ4v) is 2.67. The predicted molar refractivity (Wildman–Crippen MR) is 88.6 cm³/mol. The standard InChI is InChI=1S/C18H30N2O/c1-15(2)19-11-8-16-4-6-17(7-5-16)14-21-18-9-12-20(3)13-10-18/h4-7,15,18-19H,8-14H2,1-3H3. The van der Waals surface area contributed by atoms with Gasteiger partial charge in [-0.1, -0.05) is 38.1 Å². The molecule has 1 aliphatic heterocycles. The molecule has 118 valence electrons. The largest absolute Gasteiger partial charge is 0.373 e. The molecule has 1 fully saturated rings. The van der Waals surface area contributed by atoms with Crippen molar-refractivity contribution in [2.75, 3.05) is 26.7 Å². The van der Waals surface area contributed by atoms with Crippen molar-refractivity contribution < 1.29 is 4.74 Å². The van der Waals surface area contributed by atoms with Gasteiger partial charge in [0.15, 0.2) is 0 Å². The zero-order chi connectivity index (χ0) is 15.1. The Bertz CT molecular complexity index is 394. The molecule has 1 aliphatic rings. The third-order valence-corrected chi connectivity index (χ3v) is 4.14. The molecular weight excluding hydrogens is 260 g/mol. The zero-order valence-corrected chi connectivity index (χ0v) is 13.8. The van der Waals surface area contributed by atoms with E-state index in [1.807, 2.05) is 0 Å². The van der Waals surface area contributed by atoms with E-state index in [0.717, 1.165) is 45.5 Å². The van der Waals surface area contributed by atoms with Gasteiger partial charge in [0.05, 0.1) is 12.7 Å². The minimum Gasteiger partial charge on any atom is -0.373 e. The fourth-order valence-electron chi connectivity index (χ4n) is 2.67. The lowest BCUT2D eigenvalue weighted by atomic mass is 10.1. The molecule has 2 rings (SSSR count). The molecule has 0 spiro atoms. The highest BCUT2D eigenvalue weighted by atomic mass is 16.5. The van der Waals surface area contributed by atoms with E-state index in [1.165, 1.54) is 11.1 Å². The van der Waals surface area contributed by atoms with Crippen molar-refractivity contribution >= 4 is 0 Å². The summed E-state index contributed by atoms with van der Waals surface area (Å²) in [5.74, 6) is 0. The summed E-state index contributed by atoms with van der Waals surface area (Å²) >= 11 is 0. The Morgan fingerprint density at radius 2 is 1.76 bits per heavy atom. The van der Waals surface area contributed by atoms with E-state index in [-0.39, 0.29) is 0 Å². The molecule has 0 aromatic heterocycles. The molecule has 1 heterocycles. The lowest BCUT2D eigenvalue weighted by molar-refractivity contribution is 0.00213. The second-order valence-corrected chi connectivity index (χ2v) is 6.49. The molecule has 3 heteroatoms. The Morgan fingerprint density at radius 3 is 2.38 bits per heavy atom. The van der Waals surface area contributed by atoms with E-state index < -0.39 is 0 Å². The van der Waals surface area contributed by atoms with Gasteiger partial charge in [-0.3, -0.25) is 0 Å². The van der Waals surface area contributed by atoms with Crippen molar-refractivity contribution in [3.05, 3.63) is 35.4 Å². The van der Waals surface area contributed by atoms with Gasteiger partial charge in [0, 0.05) is 19.1 Å². The molecule has 1 aromatic rings. The Kier molecular flexibility index (Phi) is 6.68. The second-order valence-electron chi connectivity index (χ2n) is 6.49. The van der Waals surface area contributed by atoms with Crippen LogP contribution >= 0.6 is 0 Å². The molecule has 3 nitrogen and oxygen atoms in total. The average molecular weight is 290 g/mol. The van der Waals surface area contributed by atoms with Crippen LogP contribution in [0.1, 0.15) is 37.8 Å². The smallest absolute Gasteiger partial charge is 0.0720 e. The highest BCUT2D eigenvalue weighted by Crippen LogP contribution is 2.15. The number of benzene rings is 1. The van der Waals surface area contributed by atoms with E-state index in [0.29, 0.717) is 12.1 Å². The number of ether oxygens (including phenoxy) is 1. The van der Waals surface area contributed by atoms with Crippen molar-refractivity contribution in [1.29, 1.82) is 0 Å². The number of nitrogens with one attached hydrogen (secondary N) is 1. The number of nitrogens with zero attached hydrogens (tertiary/aromatic N) is 1. The molecule has 21 heavy (non-hydrogen) atoms. The molecular formula is C18H30N2O. The molecule has 0 radical (unpaired) electrons. The maximum absolute atomic E-state index is 6.03. The third-order valence-electron chi connectivity index (χ3n) is 4.14. The van der Waals surface area contributed by atoms with Gasteiger partial charge in [-0.2, -0.15) is 0 Å². The highest BCUT2D eigenvalue weighted by molar-refractivity contribution is 5.22. The fraction of sp³-hybridized carbons (Fsp3) is 0.667. The molecule has 0 saturated carbocycles. The molecule has 1 saturated heterocycles. The number of likely N-dealkylation sites (tertiary alicyclic amines) is 1. The predicted octanol–water partition coefficient (Wildman–Crippen LogP) is 2.84. The summed E-state index contributed by atoms with van der Waals surface area (Å²) in [4.78, 5) is 2.37. The van der Waals surface area contributed by atoms with Gasteiger partial charge in [0.1, 0.15) is 0 Å². The van der Waals surface area contributed by atoms with Gasteiger partial charge in [0.25, 0.3) is 0 Å². The monoisotopic (exact) mass is 290 g/mol. The van der Waals surface area contributed by atoms with Crippen LogP contribution in [-0.2, 0) is 17.8 Å². The van der Waals surface area contributed by atoms with E-state index >= 15 is 0 Å². The number of hydrogen-bond acceptors (Lipinski definition) is 3. The van der Waals surface area contributed by atoms with Crippen LogP contribution in [0.5, 0.6) is 0 Å². The van der Waals surface area contributed by atoms with Crippen LogP contribution in [0.2, 0.25) is 0 Å². The Labute approximate surface area is 129 Å². The first-order valence-corrected chi connectivity index (χ1v) is 8.25. The molecule has 0 amide bonds. The van der Waals surface area contributed by atoms with E-state index in [4.69, 9.17) is 4.74 Å². The first-order chi connectivity index (χ1) is 10.1. The highest BCUT2D eigenvalue weighted by Gasteiger charge is 2.16. The number of piperidine rings is 1. The van der Waals surface area contributed by atoms with E-state index in [9.17, 15) is 0 Å². The van der Waals surface area contributed by atoms with E-state index in [2.05, 4.69) is 55.4 Å². The minimum atomic E-state index is 0.441.